The van der Waals surface area contributed by atoms with Crippen LogP contribution in [0.1, 0.15) is 39.9 Å². The molecular formula is C29H29N5O2. The van der Waals surface area contributed by atoms with Crippen LogP contribution in [0.5, 0.6) is 0 Å². The molecule has 1 aliphatic rings. The third kappa shape index (κ3) is 5.40. The number of nitrogens with zero attached hydrogens (tertiary/aromatic N) is 4. The number of nitrogens with one attached hydrogen (secondary N) is 1. The van der Waals surface area contributed by atoms with Crippen molar-refractivity contribution in [1.29, 1.82) is 5.26 Å². The largest absolute Gasteiger partial charge is 0.478 e. The molecule has 36 heavy (non-hydrogen) atoms. The van der Waals surface area contributed by atoms with Gasteiger partial charge in [-0.05, 0) is 66.8 Å². The van der Waals surface area contributed by atoms with Gasteiger partial charge < -0.3 is 19.9 Å². The van der Waals surface area contributed by atoms with Gasteiger partial charge in [0, 0.05) is 25.7 Å². The van der Waals surface area contributed by atoms with Crippen LogP contribution in [-0.2, 0) is 13.0 Å². The van der Waals surface area contributed by atoms with E-state index in [2.05, 4.69) is 26.9 Å². The van der Waals surface area contributed by atoms with E-state index in [0.29, 0.717) is 23.7 Å². The van der Waals surface area contributed by atoms with E-state index in [1.165, 1.54) is 5.56 Å². The molecule has 7 nitrogen and oxygen atoms in total. The van der Waals surface area contributed by atoms with Crippen molar-refractivity contribution in [2.45, 2.75) is 31.8 Å². The van der Waals surface area contributed by atoms with Crippen molar-refractivity contribution in [3.63, 3.8) is 0 Å². The van der Waals surface area contributed by atoms with Gasteiger partial charge in [0.05, 0.1) is 34.8 Å². The number of likely N-dealkylation sites (tertiary alicyclic amines) is 1. The maximum atomic E-state index is 11.2. The van der Waals surface area contributed by atoms with Gasteiger partial charge in [0.2, 0.25) is 5.95 Å². The number of benzene rings is 3. The van der Waals surface area contributed by atoms with Crippen LogP contribution in [0.15, 0.2) is 72.8 Å². The number of hydrogen-bond donors (Lipinski definition) is 2. The molecule has 1 saturated heterocycles. The van der Waals surface area contributed by atoms with Gasteiger partial charge in [0.25, 0.3) is 0 Å². The molecule has 0 radical (unpaired) electrons. The minimum atomic E-state index is -0.916. The average Bonchev–Trinajstić information content (AvgIpc) is 3.25. The molecule has 2 heterocycles. The lowest BCUT2D eigenvalue weighted by molar-refractivity contribution is 0.0697. The highest BCUT2D eigenvalue weighted by atomic mass is 16.4. The maximum Gasteiger partial charge on any atom is 0.335 e. The number of piperidine rings is 1. The van der Waals surface area contributed by atoms with Gasteiger partial charge in [-0.3, -0.25) is 0 Å². The molecule has 1 aliphatic heterocycles. The highest BCUT2D eigenvalue weighted by Gasteiger charge is 2.21. The van der Waals surface area contributed by atoms with Gasteiger partial charge >= 0.3 is 5.97 Å². The van der Waals surface area contributed by atoms with Crippen LogP contribution >= 0.6 is 0 Å². The number of hydrogen-bond acceptors (Lipinski definition) is 5. The van der Waals surface area contributed by atoms with E-state index in [1.807, 2.05) is 54.6 Å². The smallest absolute Gasteiger partial charge is 0.335 e. The van der Waals surface area contributed by atoms with Gasteiger partial charge in [-0.1, -0.05) is 36.4 Å². The molecule has 1 fully saturated rings. The van der Waals surface area contributed by atoms with E-state index in [0.717, 1.165) is 61.4 Å². The molecule has 5 rings (SSSR count). The zero-order valence-corrected chi connectivity index (χ0v) is 20.1. The standard InChI is InChI=1S/C29H29N5O2/c30-19-22-7-5-21(6-8-22)13-16-33-17-14-25(15-18-33)31-29-32-26-3-1-2-4-27(26)34(29)20-23-9-11-24(12-10-23)28(35)36/h1-12,25H,13-18,20H2,(H,31,32)(H,35,36). The van der Waals surface area contributed by atoms with Crippen LogP contribution in [0.4, 0.5) is 5.95 Å². The van der Waals surface area contributed by atoms with Crippen LogP contribution < -0.4 is 5.32 Å². The van der Waals surface area contributed by atoms with Crippen molar-refractivity contribution in [3.8, 4) is 6.07 Å². The third-order valence-electron chi connectivity index (χ3n) is 6.92. The molecule has 0 amide bonds. The van der Waals surface area contributed by atoms with Gasteiger partial charge in [-0.25, -0.2) is 9.78 Å². The summed E-state index contributed by atoms with van der Waals surface area (Å²) in [5, 5.41) is 21.9. The van der Waals surface area contributed by atoms with Gasteiger partial charge in [-0.2, -0.15) is 5.26 Å². The van der Waals surface area contributed by atoms with Crippen LogP contribution in [0, 0.1) is 11.3 Å². The summed E-state index contributed by atoms with van der Waals surface area (Å²) in [5.41, 5.74) is 5.29. The number of rotatable bonds is 8. The lowest BCUT2D eigenvalue weighted by Gasteiger charge is -2.32. The van der Waals surface area contributed by atoms with E-state index in [1.54, 1.807) is 12.1 Å². The second-order valence-corrected chi connectivity index (χ2v) is 9.33. The number of para-hydroxylation sites is 2. The fourth-order valence-electron chi connectivity index (χ4n) is 4.80. The Kier molecular flexibility index (Phi) is 6.96. The summed E-state index contributed by atoms with van der Waals surface area (Å²) in [4.78, 5) is 18.6. The number of aromatic nitrogens is 2. The summed E-state index contributed by atoms with van der Waals surface area (Å²) in [5.74, 6) is -0.0604. The number of carboxylic acids is 1. The number of imidazole rings is 1. The van der Waals surface area contributed by atoms with Crippen molar-refractivity contribution in [3.05, 3.63) is 95.1 Å². The molecule has 0 spiro atoms. The van der Waals surface area contributed by atoms with Crippen LogP contribution in [-0.4, -0.2) is 51.2 Å². The second kappa shape index (κ2) is 10.6. The number of fused-ring (bicyclic) bond motifs is 1. The lowest BCUT2D eigenvalue weighted by atomic mass is 10.0. The van der Waals surface area contributed by atoms with Crippen LogP contribution in [0.2, 0.25) is 0 Å². The normalized spacial score (nSPS) is 14.5. The van der Waals surface area contributed by atoms with Crippen molar-refractivity contribution in [2.75, 3.05) is 25.0 Å². The van der Waals surface area contributed by atoms with E-state index in [9.17, 15) is 9.90 Å². The minimum absolute atomic E-state index is 0.290. The quantitative estimate of drug-likeness (QED) is 0.378. The van der Waals surface area contributed by atoms with E-state index in [4.69, 9.17) is 10.2 Å². The van der Waals surface area contributed by atoms with Gasteiger partial charge in [0.15, 0.2) is 0 Å². The predicted molar refractivity (Wildman–Crippen MR) is 140 cm³/mol. The Morgan fingerprint density at radius 1 is 1.00 bits per heavy atom. The second-order valence-electron chi connectivity index (χ2n) is 9.33. The SMILES string of the molecule is N#Cc1ccc(CCN2CCC(Nc3nc4ccccc4n3Cc3ccc(C(=O)O)cc3)CC2)cc1. The maximum absolute atomic E-state index is 11.2. The fourth-order valence-corrected chi connectivity index (χ4v) is 4.80. The predicted octanol–water partition coefficient (Wildman–Crippen LogP) is 4.77. The lowest BCUT2D eigenvalue weighted by Crippen LogP contribution is -2.40. The summed E-state index contributed by atoms with van der Waals surface area (Å²) in [6.07, 6.45) is 3.08. The highest BCUT2D eigenvalue weighted by Crippen LogP contribution is 2.24. The number of aromatic carboxylic acids is 1. The molecule has 1 aromatic heterocycles. The number of nitriles is 1. The molecule has 3 aromatic carbocycles. The topological polar surface area (TPSA) is 94.2 Å². The summed E-state index contributed by atoms with van der Waals surface area (Å²) < 4.78 is 2.18. The van der Waals surface area contributed by atoms with Gasteiger partial charge in [0.1, 0.15) is 0 Å². The molecule has 0 unspecified atom stereocenters. The minimum Gasteiger partial charge on any atom is -0.478 e. The molecule has 0 atom stereocenters. The molecule has 0 aliphatic carbocycles. The first-order valence-electron chi connectivity index (χ1n) is 12.3. The monoisotopic (exact) mass is 479 g/mol. The Bertz CT molecular complexity index is 1380. The van der Waals surface area contributed by atoms with Crippen molar-refractivity contribution in [2.24, 2.45) is 0 Å². The first kappa shape index (κ1) is 23.6. The highest BCUT2D eigenvalue weighted by molar-refractivity contribution is 5.87. The van der Waals surface area contributed by atoms with E-state index >= 15 is 0 Å². The number of anilines is 1. The zero-order valence-electron chi connectivity index (χ0n) is 20.1. The molecule has 4 aromatic rings. The molecule has 0 bridgehead atoms. The Labute approximate surface area is 210 Å². The average molecular weight is 480 g/mol. The molecule has 182 valence electrons. The Balaban J connectivity index is 1.22. The first-order valence-corrected chi connectivity index (χ1v) is 12.3. The first-order chi connectivity index (χ1) is 17.6. The Morgan fingerprint density at radius 2 is 1.69 bits per heavy atom. The summed E-state index contributed by atoms with van der Waals surface area (Å²) in [6.45, 7) is 3.70. The van der Waals surface area contributed by atoms with E-state index in [-0.39, 0.29) is 0 Å². The molecule has 7 heteroatoms. The summed E-state index contributed by atoms with van der Waals surface area (Å²) >= 11 is 0. The number of carbonyl (C=O) groups is 1. The Hall–Kier alpha value is -4.15. The van der Waals surface area contributed by atoms with Crippen LogP contribution in [0.3, 0.4) is 0 Å². The van der Waals surface area contributed by atoms with Crippen molar-refractivity contribution >= 4 is 23.0 Å². The molecular weight excluding hydrogens is 450 g/mol. The molecule has 0 saturated carbocycles. The molecule has 2 N–H and O–H groups in total. The van der Waals surface area contributed by atoms with Crippen molar-refractivity contribution in [1.82, 2.24) is 14.5 Å². The summed E-state index contributed by atoms with van der Waals surface area (Å²) in [6, 6.07) is 25.5. The van der Waals surface area contributed by atoms with Crippen molar-refractivity contribution < 1.29 is 9.90 Å². The van der Waals surface area contributed by atoms with Gasteiger partial charge in [-0.15, -0.1) is 0 Å². The zero-order chi connectivity index (χ0) is 24.9. The number of carboxylic acid groups (broad SMARTS) is 1. The third-order valence-corrected chi connectivity index (χ3v) is 6.92. The summed E-state index contributed by atoms with van der Waals surface area (Å²) in [7, 11) is 0. The Morgan fingerprint density at radius 3 is 2.39 bits per heavy atom. The van der Waals surface area contributed by atoms with E-state index < -0.39 is 5.97 Å². The fraction of sp³-hybridized carbons (Fsp3) is 0.276. The van der Waals surface area contributed by atoms with Crippen LogP contribution in [0.25, 0.3) is 11.0 Å².